The van der Waals surface area contributed by atoms with Gasteiger partial charge in [-0.15, -0.1) is 0 Å². The highest BCUT2D eigenvalue weighted by molar-refractivity contribution is 9.10. The summed E-state index contributed by atoms with van der Waals surface area (Å²) in [4.78, 5) is 0. The van der Waals surface area contributed by atoms with E-state index in [1.54, 1.807) is 19.1 Å². The highest BCUT2D eigenvalue weighted by Gasteiger charge is 2.08. The lowest BCUT2D eigenvalue weighted by molar-refractivity contribution is 0.476. The Kier molecular flexibility index (Phi) is 5.37. The van der Waals surface area contributed by atoms with Gasteiger partial charge in [0.1, 0.15) is 17.3 Å². The van der Waals surface area contributed by atoms with Gasteiger partial charge in [-0.05, 0) is 77.2 Å². The number of halogens is 2. The standard InChI is InChI=1S/C17H19BrFNO/c1-3-13(20)9-12-4-7-17(15(18)10-12)21-14-5-6-16(19)11(2)8-14/h4-8,10,13H,3,9,20H2,1-2H3. The molecule has 2 N–H and O–H groups in total. The van der Waals surface area contributed by atoms with Gasteiger partial charge in [-0.3, -0.25) is 0 Å². The molecule has 0 amide bonds. The van der Waals surface area contributed by atoms with Crippen LogP contribution in [-0.4, -0.2) is 6.04 Å². The molecule has 2 aromatic rings. The van der Waals surface area contributed by atoms with Crippen LogP contribution in [0.3, 0.4) is 0 Å². The third-order valence-corrected chi connectivity index (χ3v) is 4.00. The van der Waals surface area contributed by atoms with Crippen LogP contribution in [0, 0.1) is 12.7 Å². The van der Waals surface area contributed by atoms with Crippen molar-refractivity contribution in [2.24, 2.45) is 5.73 Å². The smallest absolute Gasteiger partial charge is 0.141 e. The van der Waals surface area contributed by atoms with E-state index in [1.165, 1.54) is 11.6 Å². The first kappa shape index (κ1) is 16.0. The molecule has 0 heterocycles. The second kappa shape index (κ2) is 7.05. The number of hydrogen-bond acceptors (Lipinski definition) is 2. The van der Waals surface area contributed by atoms with Crippen molar-refractivity contribution in [3.8, 4) is 11.5 Å². The minimum absolute atomic E-state index is 0.170. The van der Waals surface area contributed by atoms with E-state index in [9.17, 15) is 4.39 Å². The maximum absolute atomic E-state index is 13.2. The number of benzene rings is 2. The average Bonchev–Trinajstić information content (AvgIpc) is 2.45. The van der Waals surface area contributed by atoms with Crippen LogP contribution in [0.1, 0.15) is 24.5 Å². The second-order valence-electron chi connectivity index (χ2n) is 5.15. The molecule has 2 aromatic carbocycles. The van der Waals surface area contributed by atoms with Gasteiger partial charge in [0, 0.05) is 6.04 Å². The van der Waals surface area contributed by atoms with Crippen molar-refractivity contribution in [2.75, 3.05) is 0 Å². The molecule has 0 spiro atoms. The van der Waals surface area contributed by atoms with E-state index in [2.05, 4.69) is 22.9 Å². The SMILES string of the molecule is CCC(N)Cc1ccc(Oc2ccc(F)c(C)c2)c(Br)c1. The minimum Gasteiger partial charge on any atom is -0.456 e. The number of ether oxygens (including phenoxy) is 1. The fraction of sp³-hybridized carbons (Fsp3) is 0.294. The first-order chi connectivity index (χ1) is 9.99. The summed E-state index contributed by atoms with van der Waals surface area (Å²) >= 11 is 3.51. The highest BCUT2D eigenvalue weighted by Crippen LogP contribution is 2.31. The molecule has 0 radical (unpaired) electrons. The molecule has 2 nitrogen and oxygen atoms in total. The van der Waals surface area contributed by atoms with Gasteiger partial charge in [0.2, 0.25) is 0 Å². The Labute approximate surface area is 133 Å². The van der Waals surface area contributed by atoms with Crippen LogP contribution in [-0.2, 0) is 6.42 Å². The molecule has 0 saturated carbocycles. The fourth-order valence-electron chi connectivity index (χ4n) is 2.01. The van der Waals surface area contributed by atoms with E-state index in [1.807, 2.05) is 18.2 Å². The lowest BCUT2D eigenvalue weighted by Crippen LogP contribution is -2.21. The fourth-order valence-corrected chi connectivity index (χ4v) is 2.52. The van der Waals surface area contributed by atoms with Gasteiger partial charge in [-0.1, -0.05) is 13.0 Å². The molecule has 4 heteroatoms. The third kappa shape index (κ3) is 4.29. The van der Waals surface area contributed by atoms with Crippen LogP contribution in [0.25, 0.3) is 0 Å². The first-order valence-corrected chi connectivity index (χ1v) is 7.77. The van der Waals surface area contributed by atoms with Crippen LogP contribution in [0.15, 0.2) is 40.9 Å². The zero-order valence-electron chi connectivity index (χ0n) is 12.2. The van der Waals surface area contributed by atoms with E-state index in [-0.39, 0.29) is 11.9 Å². The Hall–Kier alpha value is -1.39. The van der Waals surface area contributed by atoms with E-state index < -0.39 is 0 Å². The molecular weight excluding hydrogens is 333 g/mol. The summed E-state index contributed by atoms with van der Waals surface area (Å²) in [7, 11) is 0. The maximum atomic E-state index is 13.2. The molecular formula is C17H19BrFNO. The third-order valence-electron chi connectivity index (χ3n) is 3.38. The average molecular weight is 352 g/mol. The topological polar surface area (TPSA) is 35.2 Å². The Balaban J connectivity index is 2.15. The van der Waals surface area contributed by atoms with Gasteiger partial charge < -0.3 is 10.5 Å². The van der Waals surface area contributed by atoms with Crippen LogP contribution >= 0.6 is 15.9 Å². The summed E-state index contributed by atoms with van der Waals surface area (Å²) in [6, 6.07) is 10.8. The van der Waals surface area contributed by atoms with Crippen molar-refractivity contribution in [1.82, 2.24) is 0 Å². The van der Waals surface area contributed by atoms with Crippen molar-refractivity contribution in [2.45, 2.75) is 32.7 Å². The number of nitrogens with two attached hydrogens (primary N) is 1. The van der Waals surface area contributed by atoms with Crippen molar-refractivity contribution in [3.05, 3.63) is 57.8 Å². The lowest BCUT2D eigenvalue weighted by atomic mass is 10.0. The number of hydrogen-bond donors (Lipinski definition) is 1. The molecule has 0 fully saturated rings. The molecule has 2 rings (SSSR count). The van der Waals surface area contributed by atoms with Crippen LogP contribution in [0.5, 0.6) is 11.5 Å². The molecule has 0 aliphatic rings. The monoisotopic (exact) mass is 351 g/mol. The van der Waals surface area contributed by atoms with Crippen LogP contribution in [0.2, 0.25) is 0 Å². The summed E-state index contributed by atoms with van der Waals surface area (Å²) in [6.45, 7) is 3.79. The van der Waals surface area contributed by atoms with Crippen molar-refractivity contribution < 1.29 is 9.13 Å². The predicted molar refractivity (Wildman–Crippen MR) is 87.3 cm³/mol. The Morgan fingerprint density at radius 2 is 2.00 bits per heavy atom. The molecule has 21 heavy (non-hydrogen) atoms. The van der Waals surface area contributed by atoms with Gasteiger partial charge in [0.15, 0.2) is 0 Å². The lowest BCUT2D eigenvalue weighted by Gasteiger charge is -2.12. The highest BCUT2D eigenvalue weighted by atomic mass is 79.9. The Bertz CT molecular complexity index is 630. The van der Waals surface area contributed by atoms with Gasteiger partial charge in [-0.25, -0.2) is 4.39 Å². The van der Waals surface area contributed by atoms with Gasteiger partial charge in [-0.2, -0.15) is 0 Å². The van der Waals surface area contributed by atoms with Gasteiger partial charge >= 0.3 is 0 Å². The molecule has 0 saturated heterocycles. The van der Waals surface area contributed by atoms with E-state index >= 15 is 0 Å². The normalized spacial score (nSPS) is 12.2. The predicted octanol–water partition coefficient (Wildman–Crippen LogP) is 4.97. The zero-order valence-corrected chi connectivity index (χ0v) is 13.8. The summed E-state index contributed by atoms with van der Waals surface area (Å²) < 4.78 is 19.9. The van der Waals surface area contributed by atoms with Crippen LogP contribution in [0.4, 0.5) is 4.39 Å². The van der Waals surface area contributed by atoms with E-state index in [0.717, 1.165) is 17.3 Å². The first-order valence-electron chi connectivity index (χ1n) is 6.97. The largest absolute Gasteiger partial charge is 0.456 e. The molecule has 1 unspecified atom stereocenters. The summed E-state index contributed by atoms with van der Waals surface area (Å²) in [5.41, 5.74) is 7.70. The number of rotatable bonds is 5. The molecule has 0 bridgehead atoms. The minimum atomic E-state index is -0.231. The van der Waals surface area contributed by atoms with Gasteiger partial charge in [0.05, 0.1) is 4.47 Å². The van der Waals surface area contributed by atoms with Crippen molar-refractivity contribution in [1.29, 1.82) is 0 Å². The zero-order chi connectivity index (χ0) is 15.4. The maximum Gasteiger partial charge on any atom is 0.141 e. The molecule has 0 aromatic heterocycles. The number of aryl methyl sites for hydroxylation is 1. The summed E-state index contributed by atoms with van der Waals surface area (Å²) in [5.74, 6) is 1.09. The van der Waals surface area contributed by atoms with Crippen molar-refractivity contribution >= 4 is 15.9 Å². The molecule has 0 aliphatic heterocycles. The Morgan fingerprint density at radius 3 is 2.62 bits per heavy atom. The summed E-state index contributed by atoms with van der Waals surface area (Å²) in [5, 5.41) is 0. The van der Waals surface area contributed by atoms with E-state index in [0.29, 0.717) is 17.1 Å². The van der Waals surface area contributed by atoms with Crippen molar-refractivity contribution in [3.63, 3.8) is 0 Å². The second-order valence-corrected chi connectivity index (χ2v) is 6.00. The molecule has 112 valence electrons. The molecule has 0 aliphatic carbocycles. The van der Waals surface area contributed by atoms with Crippen LogP contribution < -0.4 is 10.5 Å². The van der Waals surface area contributed by atoms with Gasteiger partial charge in [0.25, 0.3) is 0 Å². The van der Waals surface area contributed by atoms with E-state index in [4.69, 9.17) is 10.5 Å². The summed E-state index contributed by atoms with van der Waals surface area (Å²) in [6.07, 6.45) is 1.79. The Morgan fingerprint density at radius 1 is 1.24 bits per heavy atom. The quantitative estimate of drug-likeness (QED) is 0.825. The molecule has 1 atom stereocenters.